The number of amides is 1. The Hall–Kier alpha value is -2.05. The summed E-state index contributed by atoms with van der Waals surface area (Å²) in [4.78, 5) is 16.0. The van der Waals surface area contributed by atoms with Crippen LogP contribution in [0, 0.1) is 5.92 Å². The number of ether oxygens (including phenoxy) is 2. The van der Waals surface area contributed by atoms with Crippen molar-refractivity contribution in [2.24, 2.45) is 5.92 Å². The highest BCUT2D eigenvalue weighted by molar-refractivity contribution is 7.09. The van der Waals surface area contributed by atoms with Gasteiger partial charge in [0.2, 0.25) is 0 Å². The SMILES string of the molecule is CCCOc1ccc(OCC(=O)NCC2CCN(Cc3cccs3)CC2)cc1. The molecule has 0 radical (unpaired) electrons. The van der Waals surface area contributed by atoms with Gasteiger partial charge in [0.25, 0.3) is 5.91 Å². The summed E-state index contributed by atoms with van der Waals surface area (Å²) in [6.45, 7) is 6.81. The Kier molecular flexibility index (Phi) is 8.18. The van der Waals surface area contributed by atoms with Crippen molar-refractivity contribution in [2.45, 2.75) is 32.7 Å². The van der Waals surface area contributed by atoms with E-state index in [0.717, 1.165) is 51.2 Å². The molecule has 0 atom stereocenters. The summed E-state index contributed by atoms with van der Waals surface area (Å²) < 4.78 is 11.1. The Morgan fingerprint density at radius 3 is 2.50 bits per heavy atom. The van der Waals surface area contributed by atoms with Gasteiger partial charge in [0.15, 0.2) is 6.61 Å². The zero-order valence-corrected chi connectivity index (χ0v) is 17.4. The molecule has 1 aromatic carbocycles. The van der Waals surface area contributed by atoms with E-state index in [1.807, 2.05) is 35.6 Å². The Morgan fingerprint density at radius 1 is 1.14 bits per heavy atom. The molecular formula is C22H30N2O3S. The number of rotatable bonds is 10. The van der Waals surface area contributed by atoms with Crippen molar-refractivity contribution < 1.29 is 14.3 Å². The van der Waals surface area contributed by atoms with E-state index in [9.17, 15) is 4.79 Å². The van der Waals surface area contributed by atoms with Crippen molar-refractivity contribution in [2.75, 3.05) is 32.8 Å². The lowest BCUT2D eigenvalue weighted by atomic mass is 9.97. The zero-order valence-electron chi connectivity index (χ0n) is 16.6. The third-order valence-corrected chi connectivity index (χ3v) is 5.78. The number of hydrogen-bond acceptors (Lipinski definition) is 5. The monoisotopic (exact) mass is 402 g/mol. The summed E-state index contributed by atoms with van der Waals surface area (Å²) in [7, 11) is 0. The van der Waals surface area contributed by atoms with Crippen molar-refractivity contribution >= 4 is 17.2 Å². The highest BCUT2D eigenvalue weighted by atomic mass is 32.1. The van der Waals surface area contributed by atoms with Crippen LogP contribution < -0.4 is 14.8 Å². The van der Waals surface area contributed by atoms with Crippen molar-refractivity contribution in [3.63, 3.8) is 0 Å². The number of carbonyl (C=O) groups is 1. The lowest BCUT2D eigenvalue weighted by Crippen LogP contribution is -2.39. The first-order valence-corrected chi connectivity index (χ1v) is 11.0. The Morgan fingerprint density at radius 2 is 1.86 bits per heavy atom. The van der Waals surface area contributed by atoms with Crippen LogP contribution in [0.5, 0.6) is 11.5 Å². The molecule has 1 aromatic heterocycles. The average Bonchev–Trinajstić information content (AvgIpc) is 3.24. The van der Waals surface area contributed by atoms with E-state index in [1.54, 1.807) is 0 Å². The van der Waals surface area contributed by atoms with Gasteiger partial charge in [-0.25, -0.2) is 0 Å². The summed E-state index contributed by atoms with van der Waals surface area (Å²) in [6.07, 6.45) is 3.24. The molecule has 0 bridgehead atoms. The maximum absolute atomic E-state index is 12.1. The lowest BCUT2D eigenvalue weighted by molar-refractivity contribution is -0.123. The highest BCUT2D eigenvalue weighted by Crippen LogP contribution is 2.20. The Bertz CT molecular complexity index is 695. The summed E-state index contributed by atoms with van der Waals surface area (Å²) in [5, 5.41) is 5.15. The first-order valence-electron chi connectivity index (χ1n) is 10.1. The van der Waals surface area contributed by atoms with Gasteiger partial charge in [-0.15, -0.1) is 11.3 Å². The molecule has 0 saturated carbocycles. The van der Waals surface area contributed by atoms with Crippen LogP contribution in [0.1, 0.15) is 31.1 Å². The van der Waals surface area contributed by atoms with E-state index < -0.39 is 0 Å². The van der Waals surface area contributed by atoms with Crippen LogP contribution in [0.25, 0.3) is 0 Å². The molecule has 3 rings (SSSR count). The number of likely N-dealkylation sites (tertiary alicyclic amines) is 1. The second-order valence-corrected chi connectivity index (χ2v) is 8.24. The normalized spacial score (nSPS) is 15.3. The van der Waals surface area contributed by atoms with Crippen LogP contribution in [0.15, 0.2) is 41.8 Å². The van der Waals surface area contributed by atoms with Crippen LogP contribution in [-0.2, 0) is 11.3 Å². The molecule has 1 saturated heterocycles. The number of carbonyl (C=O) groups excluding carboxylic acids is 1. The van der Waals surface area contributed by atoms with Crippen molar-refractivity contribution in [3.05, 3.63) is 46.7 Å². The molecule has 2 aromatic rings. The predicted molar refractivity (Wildman–Crippen MR) is 113 cm³/mol. The molecule has 2 heterocycles. The van der Waals surface area contributed by atoms with Gasteiger partial charge in [-0.05, 0) is 74.0 Å². The minimum Gasteiger partial charge on any atom is -0.494 e. The summed E-state index contributed by atoms with van der Waals surface area (Å²) in [6, 6.07) is 11.7. The molecule has 0 unspecified atom stereocenters. The molecular weight excluding hydrogens is 372 g/mol. The number of benzene rings is 1. The van der Waals surface area contributed by atoms with Gasteiger partial charge in [-0.2, -0.15) is 0 Å². The summed E-state index contributed by atoms with van der Waals surface area (Å²) >= 11 is 1.82. The van der Waals surface area contributed by atoms with Crippen molar-refractivity contribution in [1.82, 2.24) is 10.2 Å². The van der Waals surface area contributed by atoms with Crippen LogP contribution in [-0.4, -0.2) is 43.7 Å². The molecule has 1 amide bonds. The quantitative estimate of drug-likeness (QED) is 0.654. The summed E-state index contributed by atoms with van der Waals surface area (Å²) in [5.41, 5.74) is 0. The van der Waals surface area contributed by atoms with Crippen molar-refractivity contribution in [3.8, 4) is 11.5 Å². The maximum Gasteiger partial charge on any atom is 0.257 e. The second-order valence-electron chi connectivity index (χ2n) is 7.21. The molecule has 0 aliphatic carbocycles. The fraction of sp³-hybridized carbons (Fsp3) is 0.500. The smallest absolute Gasteiger partial charge is 0.257 e. The zero-order chi connectivity index (χ0) is 19.6. The van der Waals surface area contributed by atoms with Crippen LogP contribution in [0.4, 0.5) is 0 Å². The van der Waals surface area contributed by atoms with Gasteiger partial charge in [0.1, 0.15) is 11.5 Å². The number of nitrogens with zero attached hydrogens (tertiary/aromatic N) is 1. The van der Waals surface area contributed by atoms with Gasteiger partial charge in [0.05, 0.1) is 6.61 Å². The molecule has 28 heavy (non-hydrogen) atoms. The predicted octanol–water partition coefficient (Wildman–Crippen LogP) is 3.94. The Labute approximate surface area is 171 Å². The molecule has 152 valence electrons. The third kappa shape index (κ3) is 6.84. The third-order valence-electron chi connectivity index (χ3n) is 4.92. The highest BCUT2D eigenvalue weighted by Gasteiger charge is 2.20. The minimum absolute atomic E-state index is 0.0480. The molecule has 1 fully saturated rings. The van der Waals surface area contributed by atoms with E-state index in [2.05, 4.69) is 34.7 Å². The largest absolute Gasteiger partial charge is 0.494 e. The van der Waals surface area contributed by atoms with Crippen molar-refractivity contribution in [1.29, 1.82) is 0 Å². The molecule has 1 aliphatic rings. The lowest BCUT2D eigenvalue weighted by Gasteiger charge is -2.31. The van der Waals surface area contributed by atoms with Gasteiger partial charge >= 0.3 is 0 Å². The van der Waals surface area contributed by atoms with E-state index in [-0.39, 0.29) is 12.5 Å². The van der Waals surface area contributed by atoms with Gasteiger partial charge in [-0.3, -0.25) is 9.69 Å². The first-order chi connectivity index (χ1) is 13.7. The van der Waals surface area contributed by atoms with Crippen LogP contribution >= 0.6 is 11.3 Å². The van der Waals surface area contributed by atoms with Gasteiger partial charge in [-0.1, -0.05) is 13.0 Å². The van der Waals surface area contributed by atoms with Crippen LogP contribution in [0.3, 0.4) is 0 Å². The fourth-order valence-electron chi connectivity index (χ4n) is 3.28. The topological polar surface area (TPSA) is 50.8 Å². The molecule has 0 spiro atoms. The number of nitrogens with one attached hydrogen (secondary N) is 1. The summed E-state index contributed by atoms with van der Waals surface area (Å²) in [5.74, 6) is 2.00. The second kappa shape index (κ2) is 11.1. The Balaban J connectivity index is 1.29. The van der Waals surface area contributed by atoms with Gasteiger partial charge < -0.3 is 14.8 Å². The molecule has 1 N–H and O–H groups in total. The molecule has 1 aliphatic heterocycles. The number of thiophene rings is 1. The van der Waals surface area contributed by atoms with E-state index in [0.29, 0.717) is 18.3 Å². The minimum atomic E-state index is -0.0627. The van der Waals surface area contributed by atoms with E-state index >= 15 is 0 Å². The molecule has 5 nitrogen and oxygen atoms in total. The average molecular weight is 403 g/mol. The van der Waals surface area contributed by atoms with Gasteiger partial charge in [0, 0.05) is 18.0 Å². The maximum atomic E-state index is 12.1. The fourth-order valence-corrected chi connectivity index (χ4v) is 4.03. The number of hydrogen-bond donors (Lipinski definition) is 1. The van der Waals surface area contributed by atoms with E-state index in [4.69, 9.17) is 9.47 Å². The number of piperidine rings is 1. The first kappa shape index (κ1) is 20.7. The van der Waals surface area contributed by atoms with E-state index in [1.165, 1.54) is 4.88 Å². The standard InChI is InChI=1S/C22H30N2O3S/c1-2-13-26-19-5-7-20(8-6-19)27-17-22(25)23-15-18-9-11-24(12-10-18)16-21-4-3-14-28-21/h3-8,14,18H,2,9-13,15-17H2,1H3,(H,23,25). The van der Waals surface area contributed by atoms with Crippen LogP contribution in [0.2, 0.25) is 0 Å². The molecule has 6 heteroatoms.